The van der Waals surface area contributed by atoms with Crippen molar-refractivity contribution in [1.29, 1.82) is 0 Å². The van der Waals surface area contributed by atoms with Crippen LogP contribution in [-0.4, -0.2) is 31.1 Å². The second-order valence-corrected chi connectivity index (χ2v) is 11.4. The lowest BCUT2D eigenvalue weighted by atomic mass is 10.1. The summed E-state index contributed by atoms with van der Waals surface area (Å²) in [6, 6.07) is 15.3. The van der Waals surface area contributed by atoms with Gasteiger partial charge in [0.15, 0.2) is 5.75 Å². The summed E-state index contributed by atoms with van der Waals surface area (Å²) in [5, 5.41) is 0.307. The van der Waals surface area contributed by atoms with Gasteiger partial charge in [-0.25, -0.2) is 0 Å². The molecule has 0 radical (unpaired) electrons. The Labute approximate surface area is 233 Å². The molecule has 1 aliphatic heterocycles. The van der Waals surface area contributed by atoms with E-state index in [-0.39, 0.29) is 39.5 Å². The van der Waals surface area contributed by atoms with Gasteiger partial charge in [-0.2, -0.15) is 8.42 Å². The molecule has 0 saturated carbocycles. The molecule has 7 nitrogen and oxygen atoms in total. The maximum absolute atomic E-state index is 13.0. The van der Waals surface area contributed by atoms with Crippen LogP contribution < -0.4 is 8.92 Å². The highest BCUT2D eigenvalue weighted by Gasteiger charge is 2.35. The topological polar surface area (TPSA) is 90.0 Å². The lowest BCUT2D eigenvalue weighted by Gasteiger charge is -2.15. The Bertz CT molecular complexity index is 1510. The molecule has 0 atom stereocenters. The van der Waals surface area contributed by atoms with Crippen molar-refractivity contribution in [2.24, 2.45) is 0 Å². The Morgan fingerprint density at radius 3 is 2.35 bits per heavy atom. The van der Waals surface area contributed by atoms with E-state index in [9.17, 15) is 18.0 Å². The summed E-state index contributed by atoms with van der Waals surface area (Å²) in [7, 11) is -4.24. The fourth-order valence-corrected chi connectivity index (χ4v) is 5.78. The molecule has 0 aromatic heterocycles. The van der Waals surface area contributed by atoms with Crippen molar-refractivity contribution in [3.05, 3.63) is 91.8 Å². The Morgan fingerprint density at radius 1 is 0.973 bits per heavy atom. The van der Waals surface area contributed by atoms with Gasteiger partial charge in [-0.05, 0) is 78.4 Å². The van der Waals surface area contributed by atoms with E-state index in [1.807, 2.05) is 0 Å². The number of carbonyl (C=O) groups is 2. The molecule has 0 N–H and O–H groups in total. The van der Waals surface area contributed by atoms with Crippen LogP contribution in [0.15, 0.2) is 70.5 Å². The molecule has 2 amide bonds. The third kappa shape index (κ3) is 6.25. The van der Waals surface area contributed by atoms with E-state index in [0.717, 1.165) is 16.7 Å². The van der Waals surface area contributed by atoms with Crippen LogP contribution in [0.4, 0.5) is 4.79 Å². The number of nitrogens with zero attached hydrogens (tertiary/aromatic N) is 1. The minimum Gasteiger partial charge on any atom is -0.490 e. The van der Waals surface area contributed by atoms with E-state index in [2.05, 4.69) is 0 Å². The van der Waals surface area contributed by atoms with Crippen LogP contribution in [0.2, 0.25) is 15.1 Å². The maximum Gasteiger partial charge on any atom is 0.339 e. The zero-order valence-electron chi connectivity index (χ0n) is 19.1. The molecule has 1 saturated heterocycles. The van der Waals surface area contributed by atoms with E-state index in [4.69, 9.17) is 43.7 Å². The number of thioether (sulfide) groups is 1. The average Bonchev–Trinajstić information content (AvgIpc) is 3.10. The number of benzene rings is 3. The molecular weight excluding hydrogens is 581 g/mol. The first kappa shape index (κ1) is 27.3. The van der Waals surface area contributed by atoms with Crippen LogP contribution >= 0.6 is 46.6 Å². The summed E-state index contributed by atoms with van der Waals surface area (Å²) < 4.78 is 36.4. The number of rotatable bonds is 8. The van der Waals surface area contributed by atoms with E-state index in [1.54, 1.807) is 31.2 Å². The molecule has 4 rings (SSSR count). The third-order valence-corrected chi connectivity index (χ3v) is 8.13. The molecule has 192 valence electrons. The third-order valence-electron chi connectivity index (χ3n) is 5.08. The van der Waals surface area contributed by atoms with E-state index >= 15 is 0 Å². The molecule has 1 fully saturated rings. The van der Waals surface area contributed by atoms with Crippen molar-refractivity contribution in [2.75, 3.05) is 6.61 Å². The molecule has 0 bridgehead atoms. The maximum atomic E-state index is 13.0. The molecule has 0 unspecified atom stereocenters. The van der Waals surface area contributed by atoms with Gasteiger partial charge in [0.2, 0.25) is 5.75 Å². The van der Waals surface area contributed by atoms with Crippen molar-refractivity contribution in [3.8, 4) is 11.5 Å². The largest absolute Gasteiger partial charge is 0.490 e. The van der Waals surface area contributed by atoms with Crippen LogP contribution in [0.1, 0.15) is 18.1 Å². The van der Waals surface area contributed by atoms with Gasteiger partial charge < -0.3 is 8.92 Å². The van der Waals surface area contributed by atoms with E-state index < -0.39 is 21.3 Å². The van der Waals surface area contributed by atoms with Crippen molar-refractivity contribution in [1.82, 2.24) is 4.90 Å². The second-order valence-electron chi connectivity index (χ2n) is 7.61. The minimum absolute atomic E-state index is 0.0297. The first-order chi connectivity index (χ1) is 17.6. The predicted molar refractivity (Wildman–Crippen MR) is 145 cm³/mol. The molecule has 12 heteroatoms. The molecule has 0 spiro atoms. The highest BCUT2D eigenvalue weighted by Crippen LogP contribution is 2.41. The predicted octanol–water partition coefficient (Wildman–Crippen LogP) is 7.05. The summed E-state index contributed by atoms with van der Waals surface area (Å²) in [6.45, 7) is 1.92. The van der Waals surface area contributed by atoms with Crippen molar-refractivity contribution >= 4 is 73.9 Å². The van der Waals surface area contributed by atoms with Crippen LogP contribution in [-0.2, 0) is 21.5 Å². The summed E-state index contributed by atoms with van der Waals surface area (Å²) in [6.07, 6.45) is 1.48. The SMILES string of the molecule is CCOc1cc(/C=C2\SC(=O)N(Cc3ccccc3Cl)C2=O)cc(Cl)c1OS(=O)(=O)c1ccc(Cl)cc1. The molecule has 1 aliphatic rings. The fraction of sp³-hybridized carbons (Fsp3) is 0.120. The lowest BCUT2D eigenvalue weighted by Crippen LogP contribution is -2.27. The fourth-order valence-electron chi connectivity index (χ4n) is 3.36. The van der Waals surface area contributed by atoms with Gasteiger partial charge in [-0.1, -0.05) is 53.0 Å². The highest BCUT2D eigenvalue weighted by atomic mass is 35.5. The van der Waals surface area contributed by atoms with E-state index in [1.165, 1.54) is 42.5 Å². The number of ether oxygens (including phenoxy) is 1. The number of hydrogen-bond donors (Lipinski definition) is 0. The van der Waals surface area contributed by atoms with Crippen molar-refractivity contribution < 1.29 is 26.9 Å². The van der Waals surface area contributed by atoms with Crippen LogP contribution in [0.5, 0.6) is 11.5 Å². The van der Waals surface area contributed by atoms with Crippen molar-refractivity contribution in [3.63, 3.8) is 0 Å². The van der Waals surface area contributed by atoms with E-state index in [0.29, 0.717) is 21.2 Å². The van der Waals surface area contributed by atoms with Crippen molar-refractivity contribution in [2.45, 2.75) is 18.4 Å². The van der Waals surface area contributed by atoms with Gasteiger partial charge in [-0.3, -0.25) is 14.5 Å². The van der Waals surface area contributed by atoms with Gasteiger partial charge in [0.05, 0.1) is 23.1 Å². The summed E-state index contributed by atoms with van der Waals surface area (Å²) >= 11 is 19.2. The summed E-state index contributed by atoms with van der Waals surface area (Å²) in [5.74, 6) is -0.647. The quantitative estimate of drug-likeness (QED) is 0.203. The summed E-state index contributed by atoms with van der Waals surface area (Å²) in [5.41, 5.74) is 1.05. The van der Waals surface area contributed by atoms with Gasteiger partial charge in [0.25, 0.3) is 11.1 Å². The Kier molecular flexibility index (Phi) is 8.40. The molecule has 3 aromatic carbocycles. The smallest absolute Gasteiger partial charge is 0.339 e. The zero-order chi connectivity index (χ0) is 26.7. The highest BCUT2D eigenvalue weighted by molar-refractivity contribution is 8.18. The molecule has 0 aliphatic carbocycles. The molecule has 37 heavy (non-hydrogen) atoms. The van der Waals surface area contributed by atoms with Gasteiger partial charge in [-0.15, -0.1) is 0 Å². The van der Waals surface area contributed by atoms with Crippen LogP contribution in [0.3, 0.4) is 0 Å². The standard InChI is InChI=1S/C25H18Cl3NO6S2/c1-2-34-21-12-15(11-20(28)23(21)35-37(32,33)18-9-7-17(26)8-10-18)13-22-24(30)29(25(31)36-22)14-16-5-3-4-6-19(16)27/h3-13H,2,14H2,1H3/b22-13-. The Morgan fingerprint density at radius 2 is 1.68 bits per heavy atom. The van der Waals surface area contributed by atoms with Crippen LogP contribution in [0, 0.1) is 0 Å². The molecule has 3 aromatic rings. The summed E-state index contributed by atoms with van der Waals surface area (Å²) in [4.78, 5) is 26.6. The van der Waals surface area contributed by atoms with Gasteiger partial charge >= 0.3 is 10.1 Å². The molecule has 1 heterocycles. The first-order valence-corrected chi connectivity index (χ1v) is 14.1. The number of amides is 2. The number of halogens is 3. The second kappa shape index (κ2) is 11.4. The number of hydrogen-bond acceptors (Lipinski definition) is 7. The minimum atomic E-state index is -4.24. The Hall–Kier alpha value is -2.69. The number of imide groups is 1. The van der Waals surface area contributed by atoms with Gasteiger partial charge in [0.1, 0.15) is 4.90 Å². The lowest BCUT2D eigenvalue weighted by molar-refractivity contribution is -0.123. The molecular formula is C25H18Cl3NO6S2. The van der Waals surface area contributed by atoms with Crippen LogP contribution in [0.25, 0.3) is 6.08 Å². The first-order valence-electron chi connectivity index (χ1n) is 10.7. The van der Waals surface area contributed by atoms with Gasteiger partial charge in [0, 0.05) is 10.0 Å². The average molecular weight is 599 g/mol. The monoisotopic (exact) mass is 597 g/mol. The normalized spacial score (nSPS) is 14.9. The number of carbonyl (C=O) groups excluding carboxylic acids is 2. The Balaban J connectivity index is 1.62. The zero-order valence-corrected chi connectivity index (χ0v) is 23.0.